The Morgan fingerprint density at radius 1 is 1.08 bits per heavy atom. The molecule has 2 rings (SSSR count). The van der Waals surface area contributed by atoms with Crippen LogP contribution in [0.3, 0.4) is 0 Å². The van der Waals surface area contributed by atoms with Crippen LogP contribution in [0.4, 0.5) is 8.78 Å². The minimum Gasteiger partial charge on any atom is -0.207 e. The maximum atomic E-state index is 13.1. The second kappa shape index (κ2) is 2.85. The Balaban J connectivity index is 2.31. The van der Waals surface area contributed by atoms with Crippen LogP contribution in [0.15, 0.2) is 18.2 Å². The summed E-state index contributed by atoms with van der Waals surface area (Å²) in [5, 5.41) is 0. The fourth-order valence-corrected chi connectivity index (χ4v) is 1.40. The molecule has 0 nitrogen and oxygen atoms in total. The van der Waals surface area contributed by atoms with Crippen LogP contribution < -0.4 is 0 Å². The molecule has 0 heterocycles. The first-order valence-corrected chi connectivity index (χ1v) is 4.07. The average molecular weight is 167 g/mol. The zero-order valence-corrected chi connectivity index (χ0v) is 6.61. The van der Waals surface area contributed by atoms with Crippen LogP contribution in [-0.2, 0) is 0 Å². The smallest absolute Gasteiger partial charge is 0.129 e. The zero-order chi connectivity index (χ0) is 8.55. The topological polar surface area (TPSA) is 0 Å². The highest BCUT2D eigenvalue weighted by Gasteiger charge is 2.23. The van der Waals surface area contributed by atoms with Crippen LogP contribution in [0, 0.1) is 17.6 Å². The summed E-state index contributed by atoms with van der Waals surface area (Å²) in [5.41, 5.74) is 0.600. The van der Waals surface area contributed by atoms with Crippen molar-refractivity contribution < 1.29 is 8.78 Å². The van der Waals surface area contributed by atoms with Crippen LogP contribution in [0.1, 0.15) is 24.8 Å². The normalized spacial score (nSPS) is 17.5. The van der Waals surface area contributed by atoms with E-state index in [2.05, 4.69) is 0 Å². The largest absolute Gasteiger partial charge is 0.207 e. The highest BCUT2D eigenvalue weighted by atomic mass is 19.1. The van der Waals surface area contributed by atoms with E-state index in [1.54, 1.807) is 0 Å². The number of hydrogen-bond acceptors (Lipinski definition) is 0. The predicted octanol–water partition coefficient (Wildman–Crippen LogP) is 3.07. The highest BCUT2D eigenvalue weighted by molar-refractivity contribution is 5.34. The van der Waals surface area contributed by atoms with Gasteiger partial charge in [-0.1, -0.05) is 12.5 Å². The van der Waals surface area contributed by atoms with Gasteiger partial charge in [-0.3, -0.25) is 0 Å². The van der Waals surface area contributed by atoms with Crippen molar-refractivity contribution in [1.29, 1.82) is 0 Å². The predicted molar refractivity (Wildman–Crippen MR) is 42.6 cm³/mol. The minimum absolute atomic E-state index is 0.426. The summed E-state index contributed by atoms with van der Waals surface area (Å²) in [4.78, 5) is 0. The van der Waals surface area contributed by atoms with Crippen LogP contribution in [0.5, 0.6) is 0 Å². The summed E-state index contributed by atoms with van der Waals surface area (Å²) in [7, 11) is 0. The van der Waals surface area contributed by atoms with Gasteiger partial charge < -0.3 is 0 Å². The Bertz CT molecular complexity index is 290. The number of halogens is 2. The molecule has 0 unspecified atom stereocenters. The first kappa shape index (κ1) is 7.71. The Kier molecular flexibility index (Phi) is 1.83. The van der Waals surface area contributed by atoms with Gasteiger partial charge in [-0.05, 0) is 24.5 Å². The molecule has 1 fully saturated rings. The van der Waals surface area contributed by atoms with Crippen molar-refractivity contribution in [1.82, 2.24) is 0 Å². The second-order valence-corrected chi connectivity index (χ2v) is 3.08. The molecular formula is C10H9F2. The number of benzene rings is 1. The molecule has 0 N–H and O–H groups in total. The third-order valence-electron chi connectivity index (χ3n) is 2.27. The molecule has 1 radical (unpaired) electrons. The van der Waals surface area contributed by atoms with Gasteiger partial charge in [0.1, 0.15) is 11.6 Å². The van der Waals surface area contributed by atoms with Crippen LogP contribution >= 0.6 is 0 Å². The minimum atomic E-state index is -0.504. The van der Waals surface area contributed by atoms with Gasteiger partial charge >= 0.3 is 0 Å². The van der Waals surface area contributed by atoms with Crippen molar-refractivity contribution in [3.05, 3.63) is 41.3 Å². The molecule has 63 valence electrons. The zero-order valence-electron chi connectivity index (χ0n) is 6.61. The van der Waals surface area contributed by atoms with E-state index in [1.165, 1.54) is 12.1 Å². The SMILES string of the molecule is Fc1ccc([C]2CCC2)c(F)c1. The van der Waals surface area contributed by atoms with Gasteiger partial charge in [-0.2, -0.15) is 0 Å². The fraction of sp³-hybridized carbons (Fsp3) is 0.300. The summed E-state index contributed by atoms with van der Waals surface area (Å²) in [5.74, 6) is 0.188. The highest BCUT2D eigenvalue weighted by Crippen LogP contribution is 2.36. The molecule has 1 aliphatic rings. The quantitative estimate of drug-likeness (QED) is 0.603. The van der Waals surface area contributed by atoms with Crippen LogP contribution in [0.25, 0.3) is 0 Å². The Morgan fingerprint density at radius 2 is 1.83 bits per heavy atom. The van der Waals surface area contributed by atoms with Crippen molar-refractivity contribution in [2.45, 2.75) is 19.3 Å². The van der Waals surface area contributed by atoms with E-state index >= 15 is 0 Å². The third kappa shape index (κ3) is 1.22. The van der Waals surface area contributed by atoms with Gasteiger partial charge in [-0.15, -0.1) is 0 Å². The summed E-state index contributed by atoms with van der Waals surface area (Å²) >= 11 is 0. The lowest BCUT2D eigenvalue weighted by molar-refractivity contribution is 0.531. The first-order chi connectivity index (χ1) is 5.77. The third-order valence-corrected chi connectivity index (χ3v) is 2.27. The van der Waals surface area contributed by atoms with E-state index in [0.717, 1.165) is 31.2 Å². The molecule has 0 aliphatic heterocycles. The van der Waals surface area contributed by atoms with Gasteiger partial charge in [0.15, 0.2) is 0 Å². The molecule has 12 heavy (non-hydrogen) atoms. The molecule has 1 aromatic carbocycles. The first-order valence-electron chi connectivity index (χ1n) is 4.07. The van der Waals surface area contributed by atoms with E-state index in [1.807, 2.05) is 0 Å². The Morgan fingerprint density at radius 3 is 2.33 bits per heavy atom. The molecule has 0 aromatic heterocycles. The molecule has 0 atom stereocenters. The molecule has 0 bridgehead atoms. The molecule has 1 saturated carbocycles. The Labute approximate surface area is 70.2 Å². The van der Waals surface area contributed by atoms with Crippen molar-refractivity contribution in [3.63, 3.8) is 0 Å². The average Bonchev–Trinajstić information content (AvgIpc) is 1.91. The molecule has 1 aromatic rings. The standard InChI is InChI=1S/C10H9F2/c11-8-4-5-9(10(12)6-8)7-2-1-3-7/h4-6H,1-3H2. The molecule has 1 aliphatic carbocycles. The van der Waals surface area contributed by atoms with E-state index < -0.39 is 11.6 Å². The molecule has 2 heteroatoms. The summed E-state index contributed by atoms with van der Waals surface area (Å²) in [6.45, 7) is 0. The maximum Gasteiger partial charge on any atom is 0.129 e. The van der Waals surface area contributed by atoms with E-state index in [-0.39, 0.29) is 0 Å². The lowest BCUT2D eigenvalue weighted by Crippen LogP contribution is -2.11. The summed E-state index contributed by atoms with van der Waals surface area (Å²) < 4.78 is 25.5. The fourth-order valence-electron chi connectivity index (χ4n) is 1.40. The number of hydrogen-bond donors (Lipinski definition) is 0. The van der Waals surface area contributed by atoms with Crippen molar-refractivity contribution in [2.75, 3.05) is 0 Å². The van der Waals surface area contributed by atoms with E-state index in [9.17, 15) is 8.78 Å². The molecule has 0 saturated heterocycles. The molecular weight excluding hydrogens is 158 g/mol. The molecule has 0 amide bonds. The van der Waals surface area contributed by atoms with Gasteiger partial charge in [0, 0.05) is 12.0 Å². The van der Waals surface area contributed by atoms with E-state index in [4.69, 9.17) is 0 Å². The maximum absolute atomic E-state index is 13.1. The van der Waals surface area contributed by atoms with Gasteiger partial charge in [0.25, 0.3) is 0 Å². The van der Waals surface area contributed by atoms with E-state index in [0.29, 0.717) is 5.56 Å². The second-order valence-electron chi connectivity index (χ2n) is 3.08. The molecule has 0 spiro atoms. The van der Waals surface area contributed by atoms with Crippen molar-refractivity contribution in [2.24, 2.45) is 0 Å². The lowest BCUT2D eigenvalue weighted by atomic mass is 9.80. The van der Waals surface area contributed by atoms with Crippen molar-refractivity contribution in [3.8, 4) is 0 Å². The van der Waals surface area contributed by atoms with Crippen LogP contribution in [0.2, 0.25) is 0 Å². The van der Waals surface area contributed by atoms with Crippen LogP contribution in [-0.4, -0.2) is 0 Å². The van der Waals surface area contributed by atoms with Gasteiger partial charge in [0.2, 0.25) is 0 Å². The van der Waals surface area contributed by atoms with Gasteiger partial charge in [0.05, 0.1) is 0 Å². The Hall–Kier alpha value is -0.920. The van der Waals surface area contributed by atoms with Crippen molar-refractivity contribution >= 4 is 0 Å². The lowest BCUT2D eigenvalue weighted by Gasteiger charge is -2.25. The van der Waals surface area contributed by atoms with Gasteiger partial charge in [-0.25, -0.2) is 8.78 Å². The monoisotopic (exact) mass is 167 g/mol. The summed E-state index contributed by atoms with van der Waals surface area (Å²) in [6, 6.07) is 3.78. The number of rotatable bonds is 1. The summed E-state index contributed by atoms with van der Waals surface area (Å²) in [6.07, 6.45) is 3.05.